The van der Waals surface area contributed by atoms with Crippen molar-refractivity contribution in [3.63, 3.8) is 0 Å². The fraction of sp³-hybridized carbons (Fsp3) is 0.286. The highest BCUT2D eigenvalue weighted by molar-refractivity contribution is 7.09. The number of benzene rings is 1. The lowest BCUT2D eigenvalue weighted by Gasteiger charge is -2.12. The van der Waals surface area contributed by atoms with Crippen LogP contribution in [0.2, 0.25) is 0 Å². The number of hydrogen-bond acceptors (Lipinski definition) is 3. The standard InChI is InChI=1S/C14H14F3NOS/c15-14(16,17)19-12-5-3-10(4-6-12)8-11(18)9-13-2-1-7-20-13/h1-7,11H,8-9,18H2. The zero-order valence-electron chi connectivity index (χ0n) is 10.6. The van der Waals surface area contributed by atoms with Gasteiger partial charge in [0.1, 0.15) is 5.75 Å². The summed E-state index contributed by atoms with van der Waals surface area (Å²) in [5.41, 5.74) is 6.92. The minimum atomic E-state index is -4.66. The van der Waals surface area contributed by atoms with Gasteiger partial charge in [0.15, 0.2) is 0 Å². The Morgan fingerprint density at radius 3 is 2.35 bits per heavy atom. The second-order valence-electron chi connectivity index (χ2n) is 4.44. The summed E-state index contributed by atoms with van der Waals surface area (Å²) in [7, 11) is 0. The van der Waals surface area contributed by atoms with Crippen molar-refractivity contribution in [2.24, 2.45) is 5.73 Å². The Kier molecular flexibility index (Phi) is 4.67. The van der Waals surface area contributed by atoms with Crippen LogP contribution in [-0.2, 0) is 12.8 Å². The first-order chi connectivity index (χ1) is 9.42. The van der Waals surface area contributed by atoms with E-state index < -0.39 is 6.36 Å². The van der Waals surface area contributed by atoms with Crippen LogP contribution in [0.4, 0.5) is 13.2 Å². The van der Waals surface area contributed by atoms with Crippen molar-refractivity contribution >= 4 is 11.3 Å². The number of ether oxygens (including phenoxy) is 1. The number of nitrogens with two attached hydrogens (primary N) is 1. The number of hydrogen-bond donors (Lipinski definition) is 1. The van der Waals surface area contributed by atoms with Crippen LogP contribution < -0.4 is 10.5 Å². The van der Waals surface area contributed by atoms with Crippen LogP contribution in [0.15, 0.2) is 41.8 Å². The molecule has 0 radical (unpaired) electrons. The Morgan fingerprint density at radius 1 is 1.10 bits per heavy atom. The number of halogens is 3. The Labute approximate surface area is 119 Å². The van der Waals surface area contributed by atoms with Crippen LogP contribution >= 0.6 is 11.3 Å². The summed E-state index contributed by atoms with van der Waals surface area (Å²) in [4.78, 5) is 1.20. The van der Waals surface area contributed by atoms with Crippen molar-refractivity contribution in [1.29, 1.82) is 0 Å². The van der Waals surface area contributed by atoms with Gasteiger partial charge in [0.25, 0.3) is 0 Å². The molecule has 1 unspecified atom stereocenters. The molecule has 0 bridgehead atoms. The molecule has 0 aliphatic rings. The van der Waals surface area contributed by atoms with Crippen LogP contribution in [-0.4, -0.2) is 12.4 Å². The van der Waals surface area contributed by atoms with Crippen molar-refractivity contribution in [2.75, 3.05) is 0 Å². The number of thiophene rings is 1. The van der Waals surface area contributed by atoms with Gasteiger partial charge in [0.05, 0.1) is 0 Å². The number of alkyl halides is 3. The van der Waals surface area contributed by atoms with Crippen molar-refractivity contribution in [3.8, 4) is 5.75 Å². The minimum absolute atomic E-state index is 0.0527. The van der Waals surface area contributed by atoms with Gasteiger partial charge in [-0.15, -0.1) is 24.5 Å². The largest absolute Gasteiger partial charge is 0.573 e. The maximum atomic E-state index is 12.0. The van der Waals surface area contributed by atoms with Gasteiger partial charge in [0.2, 0.25) is 0 Å². The molecule has 0 aliphatic heterocycles. The predicted molar refractivity (Wildman–Crippen MR) is 72.8 cm³/mol. The van der Waals surface area contributed by atoms with Crippen LogP contribution in [0.5, 0.6) is 5.75 Å². The van der Waals surface area contributed by atoms with E-state index in [9.17, 15) is 13.2 Å². The second-order valence-corrected chi connectivity index (χ2v) is 5.47. The van der Waals surface area contributed by atoms with E-state index in [4.69, 9.17) is 5.73 Å². The maximum Gasteiger partial charge on any atom is 0.573 e. The van der Waals surface area contributed by atoms with Gasteiger partial charge in [-0.25, -0.2) is 0 Å². The summed E-state index contributed by atoms with van der Waals surface area (Å²) in [5, 5.41) is 1.99. The molecule has 108 valence electrons. The van der Waals surface area contributed by atoms with Crippen LogP contribution in [0.1, 0.15) is 10.4 Å². The van der Waals surface area contributed by atoms with Crippen molar-refractivity contribution in [1.82, 2.24) is 0 Å². The summed E-state index contributed by atoms with van der Waals surface area (Å²) in [6.45, 7) is 0. The molecule has 2 N–H and O–H groups in total. The third-order valence-corrected chi connectivity index (χ3v) is 3.60. The SMILES string of the molecule is NC(Cc1ccc(OC(F)(F)F)cc1)Cc1cccs1. The normalized spacial score (nSPS) is 13.2. The molecule has 0 spiro atoms. The minimum Gasteiger partial charge on any atom is -0.406 e. The van der Waals surface area contributed by atoms with E-state index in [0.29, 0.717) is 6.42 Å². The highest BCUT2D eigenvalue weighted by Crippen LogP contribution is 2.23. The van der Waals surface area contributed by atoms with Crippen LogP contribution in [0.3, 0.4) is 0 Å². The lowest BCUT2D eigenvalue weighted by molar-refractivity contribution is -0.274. The summed E-state index contributed by atoms with van der Waals surface area (Å²) >= 11 is 1.65. The molecule has 0 aliphatic carbocycles. The molecule has 2 nitrogen and oxygen atoms in total. The lowest BCUT2D eigenvalue weighted by Crippen LogP contribution is -2.25. The Morgan fingerprint density at radius 2 is 1.80 bits per heavy atom. The average molecular weight is 301 g/mol. The van der Waals surface area contributed by atoms with E-state index in [1.807, 2.05) is 17.5 Å². The fourth-order valence-corrected chi connectivity index (χ4v) is 2.69. The second kappa shape index (κ2) is 6.28. The first-order valence-electron chi connectivity index (χ1n) is 6.05. The predicted octanol–water partition coefficient (Wildman–Crippen LogP) is 3.76. The van der Waals surface area contributed by atoms with Crippen LogP contribution in [0, 0.1) is 0 Å². The summed E-state index contributed by atoms with van der Waals surface area (Å²) in [6.07, 6.45) is -3.28. The van der Waals surface area contributed by atoms with Crippen LogP contribution in [0.25, 0.3) is 0 Å². The Balaban J connectivity index is 1.90. The molecule has 2 rings (SSSR count). The molecule has 0 amide bonds. The van der Waals surface area contributed by atoms with Gasteiger partial charge < -0.3 is 10.5 Å². The van der Waals surface area contributed by atoms with Gasteiger partial charge in [0, 0.05) is 10.9 Å². The molecule has 0 saturated heterocycles. The summed E-state index contributed by atoms with van der Waals surface area (Å²) < 4.78 is 39.9. The van der Waals surface area contributed by atoms with E-state index in [1.165, 1.54) is 17.0 Å². The Bertz CT molecular complexity index is 522. The van der Waals surface area contributed by atoms with Crippen molar-refractivity contribution in [2.45, 2.75) is 25.2 Å². The average Bonchev–Trinajstić information content (AvgIpc) is 2.82. The lowest BCUT2D eigenvalue weighted by atomic mass is 10.0. The van der Waals surface area contributed by atoms with Crippen molar-refractivity contribution < 1.29 is 17.9 Å². The molecule has 0 saturated carbocycles. The molecule has 2 aromatic rings. The molecular formula is C14H14F3NOS. The first-order valence-corrected chi connectivity index (χ1v) is 6.93. The van der Waals surface area contributed by atoms with E-state index in [1.54, 1.807) is 23.5 Å². The van der Waals surface area contributed by atoms with E-state index >= 15 is 0 Å². The fourth-order valence-electron chi connectivity index (χ4n) is 1.89. The Hall–Kier alpha value is -1.53. The van der Waals surface area contributed by atoms with E-state index in [-0.39, 0.29) is 11.8 Å². The monoisotopic (exact) mass is 301 g/mol. The van der Waals surface area contributed by atoms with Gasteiger partial charge in [-0.2, -0.15) is 0 Å². The van der Waals surface area contributed by atoms with Gasteiger partial charge in [-0.05, 0) is 42.0 Å². The molecule has 1 aromatic carbocycles. The van der Waals surface area contributed by atoms with E-state index in [0.717, 1.165) is 12.0 Å². The summed E-state index contributed by atoms with van der Waals surface area (Å²) in [6, 6.07) is 9.76. The molecular weight excluding hydrogens is 287 g/mol. The number of rotatable bonds is 5. The highest BCUT2D eigenvalue weighted by atomic mass is 32.1. The molecule has 1 heterocycles. The smallest absolute Gasteiger partial charge is 0.406 e. The van der Waals surface area contributed by atoms with Gasteiger partial charge in [-0.1, -0.05) is 18.2 Å². The summed E-state index contributed by atoms with van der Waals surface area (Å²) in [5.74, 6) is -0.215. The first kappa shape index (κ1) is 14.9. The molecule has 1 aromatic heterocycles. The third-order valence-electron chi connectivity index (χ3n) is 2.70. The van der Waals surface area contributed by atoms with E-state index in [2.05, 4.69) is 4.74 Å². The molecule has 1 atom stereocenters. The van der Waals surface area contributed by atoms with Gasteiger partial charge in [-0.3, -0.25) is 0 Å². The highest BCUT2D eigenvalue weighted by Gasteiger charge is 2.30. The van der Waals surface area contributed by atoms with Gasteiger partial charge >= 0.3 is 6.36 Å². The maximum absolute atomic E-state index is 12.0. The van der Waals surface area contributed by atoms with Crippen molar-refractivity contribution in [3.05, 3.63) is 52.2 Å². The quantitative estimate of drug-likeness (QED) is 0.912. The third kappa shape index (κ3) is 4.86. The molecule has 6 heteroatoms. The zero-order valence-corrected chi connectivity index (χ0v) is 11.4. The topological polar surface area (TPSA) is 35.2 Å². The molecule has 0 fully saturated rings. The zero-order chi connectivity index (χ0) is 14.6. The molecule has 20 heavy (non-hydrogen) atoms.